The first kappa shape index (κ1) is 15.0. The van der Waals surface area contributed by atoms with Crippen LogP contribution >= 0.6 is 11.6 Å². The fourth-order valence-corrected chi connectivity index (χ4v) is 3.80. The first-order chi connectivity index (χ1) is 11.6. The normalized spacial score (nSPS) is 19.7. The van der Waals surface area contributed by atoms with Crippen molar-refractivity contribution in [2.24, 2.45) is 0 Å². The van der Waals surface area contributed by atoms with Crippen LogP contribution in [0, 0.1) is 18.3 Å². The molecule has 0 saturated carbocycles. The van der Waals surface area contributed by atoms with Crippen molar-refractivity contribution in [3.8, 4) is 6.07 Å². The number of hydrogen-bond acceptors (Lipinski definition) is 4. The molecule has 0 amide bonds. The lowest BCUT2D eigenvalue weighted by Gasteiger charge is -2.33. The second-order valence-corrected chi connectivity index (χ2v) is 6.68. The van der Waals surface area contributed by atoms with Gasteiger partial charge in [0.05, 0.1) is 23.2 Å². The van der Waals surface area contributed by atoms with Crippen molar-refractivity contribution in [1.82, 2.24) is 15.0 Å². The maximum Gasteiger partial charge on any atom is 0.129 e. The van der Waals surface area contributed by atoms with Gasteiger partial charge in [-0.05, 0) is 61.1 Å². The summed E-state index contributed by atoms with van der Waals surface area (Å²) >= 11 is 6.05. The Morgan fingerprint density at radius 3 is 2.83 bits per heavy atom. The molecular weight excluding hydrogens is 320 g/mol. The van der Waals surface area contributed by atoms with Crippen molar-refractivity contribution < 1.29 is 0 Å². The first-order valence-corrected chi connectivity index (χ1v) is 8.26. The Morgan fingerprint density at radius 1 is 1.29 bits per heavy atom. The molecular formula is C19H15ClN4. The van der Waals surface area contributed by atoms with E-state index >= 15 is 0 Å². The molecule has 0 N–H and O–H groups in total. The smallest absolute Gasteiger partial charge is 0.129 e. The zero-order chi connectivity index (χ0) is 16.7. The number of halogens is 1. The Bertz CT molecular complexity index is 978. The second kappa shape index (κ2) is 5.54. The number of pyridine rings is 3. The topological polar surface area (TPSA) is 62.5 Å². The van der Waals surface area contributed by atoms with Crippen LogP contribution in [0.1, 0.15) is 28.8 Å². The van der Waals surface area contributed by atoms with Gasteiger partial charge in [-0.2, -0.15) is 5.26 Å². The van der Waals surface area contributed by atoms with Crippen molar-refractivity contribution in [2.75, 3.05) is 0 Å². The van der Waals surface area contributed by atoms with Gasteiger partial charge in [-0.25, -0.2) is 4.98 Å². The number of fused-ring (bicyclic) bond motifs is 2. The average molecular weight is 335 g/mol. The molecule has 0 fully saturated rings. The standard InChI is InChI=1S/C19H15ClN4/c1-12-14-8-18(20)23-10-17(14)24-16-2-5-19(11-21,9-15(12)16)13-3-6-22-7-4-13/h3-4,6-8,10H,2,5,9H2,1H3. The Morgan fingerprint density at radius 2 is 2.08 bits per heavy atom. The molecule has 0 aromatic carbocycles. The number of hydrogen-bond donors (Lipinski definition) is 0. The number of aromatic nitrogens is 3. The van der Waals surface area contributed by atoms with Crippen LogP contribution in [0.25, 0.3) is 10.9 Å². The highest BCUT2D eigenvalue weighted by atomic mass is 35.5. The minimum Gasteiger partial charge on any atom is -0.265 e. The summed E-state index contributed by atoms with van der Waals surface area (Å²) in [5.41, 5.74) is 4.75. The summed E-state index contributed by atoms with van der Waals surface area (Å²) in [6.07, 6.45) is 7.43. The summed E-state index contributed by atoms with van der Waals surface area (Å²) in [5, 5.41) is 11.4. The number of rotatable bonds is 1. The maximum absolute atomic E-state index is 9.95. The van der Waals surface area contributed by atoms with Crippen molar-refractivity contribution in [2.45, 2.75) is 31.6 Å². The van der Waals surface area contributed by atoms with Crippen molar-refractivity contribution in [3.63, 3.8) is 0 Å². The molecule has 0 aliphatic heterocycles. The predicted molar refractivity (Wildman–Crippen MR) is 92.8 cm³/mol. The lowest BCUT2D eigenvalue weighted by molar-refractivity contribution is 0.465. The number of nitrogens with zero attached hydrogens (tertiary/aromatic N) is 4. The zero-order valence-corrected chi connectivity index (χ0v) is 14.0. The van der Waals surface area contributed by atoms with Crippen molar-refractivity contribution in [3.05, 3.63) is 64.3 Å². The molecule has 5 heteroatoms. The fourth-order valence-electron chi connectivity index (χ4n) is 3.64. The molecule has 3 aromatic rings. The van der Waals surface area contributed by atoms with Crippen LogP contribution in [-0.2, 0) is 18.3 Å². The maximum atomic E-state index is 9.95. The lowest BCUT2D eigenvalue weighted by atomic mass is 9.69. The molecule has 1 atom stereocenters. The van der Waals surface area contributed by atoms with Gasteiger partial charge in [0.2, 0.25) is 0 Å². The molecule has 1 aliphatic rings. The molecule has 24 heavy (non-hydrogen) atoms. The molecule has 3 aromatic heterocycles. The summed E-state index contributed by atoms with van der Waals surface area (Å²) < 4.78 is 0. The molecule has 4 nitrogen and oxygen atoms in total. The Hall–Kier alpha value is -2.51. The van der Waals surface area contributed by atoms with Gasteiger partial charge in [0, 0.05) is 23.5 Å². The minimum absolute atomic E-state index is 0.462. The van der Waals surface area contributed by atoms with E-state index in [0.717, 1.165) is 46.1 Å². The molecule has 0 bridgehead atoms. The SMILES string of the molecule is Cc1c2c(nc3cnc(Cl)cc13)CCC(C#N)(c1ccncc1)C2. The van der Waals surface area contributed by atoms with Gasteiger partial charge in [0.25, 0.3) is 0 Å². The summed E-state index contributed by atoms with van der Waals surface area (Å²) in [4.78, 5) is 13.0. The van der Waals surface area contributed by atoms with E-state index in [-0.39, 0.29) is 0 Å². The molecule has 0 spiro atoms. The van der Waals surface area contributed by atoms with E-state index in [1.54, 1.807) is 18.6 Å². The minimum atomic E-state index is -0.521. The molecule has 3 heterocycles. The first-order valence-electron chi connectivity index (χ1n) is 7.88. The van der Waals surface area contributed by atoms with E-state index in [4.69, 9.17) is 16.6 Å². The van der Waals surface area contributed by atoms with Crippen LogP contribution in [0.5, 0.6) is 0 Å². The summed E-state index contributed by atoms with van der Waals surface area (Å²) in [6.45, 7) is 2.08. The van der Waals surface area contributed by atoms with Gasteiger partial charge in [0.1, 0.15) is 5.15 Å². The van der Waals surface area contributed by atoms with Crippen molar-refractivity contribution >= 4 is 22.5 Å². The molecule has 1 unspecified atom stereocenters. The third-order valence-corrected chi connectivity index (χ3v) is 5.23. The van der Waals surface area contributed by atoms with Gasteiger partial charge in [-0.3, -0.25) is 9.97 Å². The Balaban J connectivity index is 1.89. The molecule has 0 radical (unpaired) electrons. The third-order valence-electron chi connectivity index (χ3n) is 5.02. The van der Waals surface area contributed by atoms with Crippen LogP contribution in [0.4, 0.5) is 0 Å². The van der Waals surface area contributed by atoms with Crippen LogP contribution < -0.4 is 0 Å². The largest absolute Gasteiger partial charge is 0.265 e. The summed E-state index contributed by atoms with van der Waals surface area (Å²) in [5.74, 6) is 0. The van der Waals surface area contributed by atoms with Gasteiger partial charge in [-0.1, -0.05) is 11.6 Å². The van der Waals surface area contributed by atoms with Crippen LogP contribution in [0.15, 0.2) is 36.8 Å². The second-order valence-electron chi connectivity index (χ2n) is 6.29. The van der Waals surface area contributed by atoms with Gasteiger partial charge in [0.15, 0.2) is 0 Å². The van der Waals surface area contributed by atoms with E-state index in [1.165, 1.54) is 0 Å². The average Bonchev–Trinajstić information content (AvgIpc) is 2.63. The van der Waals surface area contributed by atoms with E-state index in [0.29, 0.717) is 11.6 Å². The van der Waals surface area contributed by atoms with Crippen LogP contribution in [-0.4, -0.2) is 15.0 Å². The zero-order valence-electron chi connectivity index (χ0n) is 13.3. The van der Waals surface area contributed by atoms with Gasteiger partial charge < -0.3 is 0 Å². The number of aryl methyl sites for hydroxylation is 2. The quantitative estimate of drug-likeness (QED) is 0.632. The van der Waals surface area contributed by atoms with Gasteiger partial charge in [-0.15, -0.1) is 0 Å². The lowest BCUT2D eigenvalue weighted by Crippen LogP contribution is -2.33. The van der Waals surface area contributed by atoms with Crippen molar-refractivity contribution in [1.29, 1.82) is 5.26 Å². The molecule has 0 saturated heterocycles. The predicted octanol–water partition coefficient (Wildman–Crippen LogP) is 3.94. The van der Waals surface area contributed by atoms with Gasteiger partial charge >= 0.3 is 0 Å². The Labute approximate surface area is 145 Å². The Kier molecular flexibility index (Phi) is 3.47. The van der Waals surface area contributed by atoms with Crippen LogP contribution in [0.3, 0.4) is 0 Å². The van der Waals surface area contributed by atoms with E-state index < -0.39 is 5.41 Å². The molecule has 1 aliphatic carbocycles. The van der Waals surface area contributed by atoms with Crippen LogP contribution in [0.2, 0.25) is 5.15 Å². The molecule has 118 valence electrons. The fraction of sp³-hybridized carbons (Fsp3) is 0.263. The third kappa shape index (κ3) is 2.24. The highest BCUT2D eigenvalue weighted by Crippen LogP contribution is 2.40. The highest BCUT2D eigenvalue weighted by Gasteiger charge is 2.38. The van der Waals surface area contributed by atoms with E-state index in [9.17, 15) is 5.26 Å². The number of nitriles is 1. The summed E-state index contributed by atoms with van der Waals surface area (Å²) in [7, 11) is 0. The summed E-state index contributed by atoms with van der Waals surface area (Å²) in [6, 6.07) is 8.31. The van der Waals surface area contributed by atoms with E-state index in [1.807, 2.05) is 18.2 Å². The highest BCUT2D eigenvalue weighted by molar-refractivity contribution is 6.30. The molecule has 4 rings (SSSR count). The van der Waals surface area contributed by atoms with E-state index in [2.05, 4.69) is 23.0 Å². The monoisotopic (exact) mass is 334 g/mol.